The van der Waals surface area contributed by atoms with Gasteiger partial charge < -0.3 is 10.6 Å². The molecule has 0 fully saturated rings. The van der Waals surface area contributed by atoms with Crippen molar-refractivity contribution in [3.05, 3.63) is 101 Å². The van der Waals surface area contributed by atoms with Gasteiger partial charge in [0.1, 0.15) is 0 Å². The molecule has 5 rings (SSSR count). The van der Waals surface area contributed by atoms with Crippen molar-refractivity contribution in [1.82, 2.24) is 4.98 Å². The van der Waals surface area contributed by atoms with Gasteiger partial charge in [-0.1, -0.05) is 50.2 Å². The number of aromatic nitrogens is 1. The first-order valence-corrected chi connectivity index (χ1v) is 10.9. The number of hydrogen-bond donors (Lipinski definition) is 2. The third kappa shape index (κ3) is 3.71. The molecule has 2 N–H and O–H groups in total. The van der Waals surface area contributed by atoms with E-state index >= 15 is 0 Å². The van der Waals surface area contributed by atoms with E-state index in [2.05, 4.69) is 29.5 Å². The predicted molar refractivity (Wildman–Crippen MR) is 126 cm³/mol. The van der Waals surface area contributed by atoms with E-state index < -0.39 is 0 Å². The van der Waals surface area contributed by atoms with Crippen LogP contribution in [0.3, 0.4) is 0 Å². The summed E-state index contributed by atoms with van der Waals surface area (Å²) in [6.45, 7) is 4.22. The molecule has 1 aromatic heterocycles. The Kier molecular flexibility index (Phi) is 4.89. The Morgan fingerprint density at radius 2 is 1.72 bits per heavy atom. The molecule has 5 heteroatoms. The van der Waals surface area contributed by atoms with E-state index in [1.807, 2.05) is 66.7 Å². The lowest BCUT2D eigenvalue weighted by Gasteiger charge is -2.33. The minimum absolute atomic E-state index is 0.0324. The van der Waals surface area contributed by atoms with Crippen LogP contribution < -0.4 is 10.6 Å². The fraction of sp³-hybridized carbons (Fsp3) is 0.222. The van der Waals surface area contributed by atoms with Gasteiger partial charge in [0.2, 0.25) is 0 Å². The quantitative estimate of drug-likeness (QED) is 0.542. The number of nitrogens with zero attached hydrogens (tertiary/aromatic N) is 1. The molecule has 0 radical (unpaired) electrons. The number of fused-ring (bicyclic) bond motifs is 1. The monoisotopic (exact) mass is 423 g/mol. The summed E-state index contributed by atoms with van der Waals surface area (Å²) in [5, 5.41) is 7.03. The number of Topliss-reactive ketones (excluding diaryl/α,β-unsaturated/α-hetero) is 1. The first-order chi connectivity index (χ1) is 15.4. The van der Waals surface area contributed by atoms with Crippen molar-refractivity contribution in [1.29, 1.82) is 0 Å². The summed E-state index contributed by atoms with van der Waals surface area (Å²) >= 11 is 0. The lowest BCUT2D eigenvalue weighted by molar-refractivity contribution is -0.118. The number of allylic oxidation sites excluding steroid dienone is 1. The summed E-state index contributed by atoms with van der Waals surface area (Å²) in [6, 6.07) is 20.3. The number of carbonyl (C=O) groups excluding carboxylic acids is 2. The molecule has 160 valence electrons. The lowest BCUT2D eigenvalue weighted by Crippen LogP contribution is -2.31. The highest BCUT2D eigenvalue weighted by atomic mass is 16.1. The van der Waals surface area contributed by atoms with Gasteiger partial charge in [-0.05, 0) is 42.2 Å². The maximum Gasteiger partial charge on any atom is 0.193 e. The molecule has 1 atom stereocenters. The first kappa shape index (κ1) is 20.2. The van der Waals surface area contributed by atoms with E-state index in [4.69, 9.17) is 0 Å². The predicted octanol–water partition coefficient (Wildman–Crippen LogP) is 5.53. The van der Waals surface area contributed by atoms with Crippen molar-refractivity contribution in [2.24, 2.45) is 5.41 Å². The molecule has 0 saturated heterocycles. The smallest absolute Gasteiger partial charge is 0.193 e. The molecule has 0 amide bonds. The summed E-state index contributed by atoms with van der Waals surface area (Å²) in [4.78, 5) is 30.8. The van der Waals surface area contributed by atoms with Crippen molar-refractivity contribution >= 4 is 22.9 Å². The number of nitrogens with one attached hydrogen (secondary N) is 2. The number of rotatable bonds is 3. The van der Waals surface area contributed by atoms with Gasteiger partial charge in [0.15, 0.2) is 11.6 Å². The van der Waals surface area contributed by atoms with Crippen LogP contribution in [0.5, 0.6) is 0 Å². The van der Waals surface area contributed by atoms with E-state index in [9.17, 15) is 9.59 Å². The maximum absolute atomic E-state index is 13.3. The summed E-state index contributed by atoms with van der Waals surface area (Å²) in [5.41, 5.74) is 5.17. The highest BCUT2D eigenvalue weighted by Gasteiger charge is 2.39. The molecule has 3 aromatic rings. The van der Waals surface area contributed by atoms with Gasteiger partial charge in [-0.25, -0.2) is 0 Å². The zero-order valence-electron chi connectivity index (χ0n) is 18.2. The van der Waals surface area contributed by atoms with Crippen molar-refractivity contribution in [2.45, 2.75) is 32.7 Å². The van der Waals surface area contributed by atoms with Crippen LogP contribution in [0.1, 0.15) is 54.3 Å². The third-order valence-electron chi connectivity index (χ3n) is 6.10. The molecule has 1 aliphatic heterocycles. The van der Waals surface area contributed by atoms with Crippen LogP contribution in [-0.2, 0) is 4.79 Å². The maximum atomic E-state index is 13.3. The minimum Gasteiger partial charge on any atom is -0.371 e. The van der Waals surface area contributed by atoms with Crippen molar-refractivity contribution in [3.8, 4) is 0 Å². The van der Waals surface area contributed by atoms with Crippen LogP contribution in [0.15, 0.2) is 84.2 Å². The van der Waals surface area contributed by atoms with Crippen LogP contribution in [0.4, 0.5) is 11.4 Å². The highest BCUT2D eigenvalue weighted by molar-refractivity contribution is 6.10. The molecule has 0 saturated carbocycles. The molecule has 0 spiro atoms. The van der Waals surface area contributed by atoms with Gasteiger partial charge in [0.05, 0.1) is 23.1 Å². The van der Waals surface area contributed by atoms with Gasteiger partial charge in [-0.3, -0.25) is 14.6 Å². The Morgan fingerprint density at radius 1 is 0.938 bits per heavy atom. The Morgan fingerprint density at radius 3 is 2.47 bits per heavy atom. The average molecular weight is 424 g/mol. The number of pyridine rings is 1. The molecule has 5 nitrogen and oxygen atoms in total. The Balaban J connectivity index is 1.61. The topological polar surface area (TPSA) is 71.1 Å². The molecule has 32 heavy (non-hydrogen) atoms. The summed E-state index contributed by atoms with van der Waals surface area (Å²) < 4.78 is 0. The minimum atomic E-state index is -0.348. The lowest BCUT2D eigenvalue weighted by atomic mass is 9.74. The van der Waals surface area contributed by atoms with Crippen LogP contribution in [0, 0.1) is 5.41 Å². The van der Waals surface area contributed by atoms with Gasteiger partial charge in [-0.2, -0.15) is 0 Å². The molecule has 0 unspecified atom stereocenters. The fourth-order valence-electron chi connectivity index (χ4n) is 4.61. The van der Waals surface area contributed by atoms with E-state index in [0.29, 0.717) is 17.5 Å². The number of carbonyl (C=O) groups is 2. The second kappa shape index (κ2) is 7.75. The SMILES string of the molecule is CC1(C)CC(=O)C2=C(C1)Nc1cc(C(=O)c3ccccc3)ccc1N[C@H]2c1ccccn1. The Bertz CT molecular complexity index is 1230. The van der Waals surface area contributed by atoms with Gasteiger partial charge in [0.25, 0.3) is 0 Å². The second-order valence-electron chi connectivity index (χ2n) is 9.25. The van der Waals surface area contributed by atoms with Crippen LogP contribution in [0.25, 0.3) is 0 Å². The molecule has 1 aliphatic carbocycles. The molecule has 2 aliphatic rings. The number of anilines is 2. The Hall–Kier alpha value is -3.73. The van der Waals surface area contributed by atoms with Crippen LogP contribution in [-0.4, -0.2) is 16.6 Å². The van der Waals surface area contributed by atoms with Crippen molar-refractivity contribution in [2.75, 3.05) is 10.6 Å². The summed E-state index contributed by atoms with van der Waals surface area (Å²) in [6.07, 6.45) is 2.98. The van der Waals surface area contributed by atoms with Crippen LogP contribution in [0.2, 0.25) is 0 Å². The highest BCUT2D eigenvalue weighted by Crippen LogP contribution is 2.45. The summed E-state index contributed by atoms with van der Waals surface area (Å²) in [5.74, 6) is 0.0928. The molecular weight excluding hydrogens is 398 g/mol. The fourth-order valence-corrected chi connectivity index (χ4v) is 4.61. The number of benzene rings is 2. The molecular formula is C27H25N3O2. The standard InChI is InChI=1S/C27H25N3O2/c1-27(2)15-22-24(23(31)16-27)25(20-10-6-7-13-28-20)30-19-12-11-18(14-21(19)29-22)26(32)17-8-4-3-5-9-17/h3-14,25,29-30H,15-16H2,1-2H3/t25-/m0/s1. The molecule has 2 aromatic carbocycles. The van der Waals surface area contributed by atoms with Gasteiger partial charge in [-0.15, -0.1) is 0 Å². The zero-order valence-corrected chi connectivity index (χ0v) is 18.2. The molecule has 0 bridgehead atoms. The van der Waals surface area contributed by atoms with E-state index in [1.165, 1.54) is 0 Å². The average Bonchev–Trinajstić information content (AvgIpc) is 2.95. The zero-order chi connectivity index (χ0) is 22.3. The summed E-state index contributed by atoms with van der Waals surface area (Å²) in [7, 11) is 0. The largest absolute Gasteiger partial charge is 0.371 e. The Labute approximate surface area is 187 Å². The van der Waals surface area contributed by atoms with Crippen molar-refractivity contribution in [3.63, 3.8) is 0 Å². The van der Waals surface area contributed by atoms with Crippen LogP contribution >= 0.6 is 0 Å². The number of ketones is 2. The number of hydrogen-bond acceptors (Lipinski definition) is 5. The molecule has 2 heterocycles. The van der Waals surface area contributed by atoms with Crippen molar-refractivity contribution < 1.29 is 9.59 Å². The van der Waals surface area contributed by atoms with E-state index in [0.717, 1.165) is 34.8 Å². The first-order valence-electron chi connectivity index (χ1n) is 10.9. The van der Waals surface area contributed by atoms with E-state index in [1.54, 1.807) is 6.20 Å². The second-order valence-corrected chi connectivity index (χ2v) is 9.25. The van der Waals surface area contributed by atoms with Gasteiger partial charge in [0, 0.05) is 35.0 Å². The normalized spacial score (nSPS) is 19.2. The third-order valence-corrected chi connectivity index (χ3v) is 6.10. The van der Waals surface area contributed by atoms with E-state index in [-0.39, 0.29) is 23.0 Å². The van der Waals surface area contributed by atoms with Gasteiger partial charge >= 0.3 is 0 Å².